The fraction of sp³-hybridized carbons (Fsp3) is 0.296. The number of aromatic nitrogens is 1. The molecule has 5 rings (SSSR count). The first-order valence-electron chi connectivity index (χ1n) is 11.7. The van der Waals surface area contributed by atoms with E-state index in [9.17, 15) is 9.59 Å². The molecule has 1 aliphatic heterocycles. The van der Waals surface area contributed by atoms with E-state index in [4.69, 9.17) is 4.42 Å². The van der Waals surface area contributed by atoms with Crippen molar-refractivity contribution in [3.63, 3.8) is 0 Å². The lowest BCUT2D eigenvalue weighted by Gasteiger charge is -2.36. The van der Waals surface area contributed by atoms with Gasteiger partial charge in [-0.25, -0.2) is 4.98 Å². The van der Waals surface area contributed by atoms with E-state index in [0.717, 1.165) is 36.3 Å². The summed E-state index contributed by atoms with van der Waals surface area (Å²) in [4.78, 5) is 34.0. The molecule has 1 aromatic carbocycles. The maximum absolute atomic E-state index is 12.7. The summed E-state index contributed by atoms with van der Waals surface area (Å²) in [5.41, 5.74) is 2.13. The second-order valence-corrected chi connectivity index (χ2v) is 8.79. The van der Waals surface area contributed by atoms with Crippen LogP contribution in [0.3, 0.4) is 0 Å². The predicted octanol–water partition coefficient (Wildman–Crippen LogP) is 4.56. The molecule has 0 spiro atoms. The first-order valence-corrected chi connectivity index (χ1v) is 11.7. The Morgan fingerprint density at radius 3 is 2.62 bits per heavy atom. The average molecular weight is 457 g/mol. The molecule has 1 unspecified atom stereocenters. The summed E-state index contributed by atoms with van der Waals surface area (Å²) in [7, 11) is 0. The van der Waals surface area contributed by atoms with Gasteiger partial charge in [-0.2, -0.15) is 0 Å². The Hall–Kier alpha value is -3.87. The molecule has 174 valence electrons. The standard InChI is InChI=1S/C27H28N4O3/c1-19-22-9-5-6-10-23(22)34-26(19)27(33)29-21-11-12-24(28-18-21)30-13-15-31(16-14-30)25(32)17-20-7-3-2-4-8-20/h2-7,9-12,18,20H,8,13-17H2,1H3,(H,29,33). The molecule has 2 aliphatic rings. The number of rotatable bonds is 5. The number of hydrogen-bond donors (Lipinski definition) is 1. The summed E-state index contributed by atoms with van der Waals surface area (Å²) in [6, 6.07) is 11.4. The summed E-state index contributed by atoms with van der Waals surface area (Å²) >= 11 is 0. The number of pyridine rings is 1. The Balaban J connectivity index is 1.16. The highest BCUT2D eigenvalue weighted by molar-refractivity contribution is 6.06. The maximum atomic E-state index is 12.7. The van der Waals surface area contributed by atoms with Gasteiger partial charge in [0.2, 0.25) is 5.91 Å². The molecule has 1 saturated heterocycles. The van der Waals surface area contributed by atoms with Gasteiger partial charge in [-0.05, 0) is 37.5 Å². The largest absolute Gasteiger partial charge is 0.451 e. The van der Waals surface area contributed by atoms with E-state index >= 15 is 0 Å². The minimum Gasteiger partial charge on any atom is -0.451 e. The molecule has 3 aromatic rings. The predicted molar refractivity (Wildman–Crippen MR) is 133 cm³/mol. The topological polar surface area (TPSA) is 78.7 Å². The number of carbonyl (C=O) groups excluding carboxylic acids is 2. The number of fused-ring (bicyclic) bond motifs is 1. The number of nitrogens with one attached hydrogen (secondary N) is 1. The molecule has 0 radical (unpaired) electrons. The number of nitrogens with zero attached hydrogens (tertiary/aromatic N) is 3. The molecule has 0 saturated carbocycles. The highest BCUT2D eigenvalue weighted by atomic mass is 16.3. The van der Waals surface area contributed by atoms with Gasteiger partial charge in [-0.3, -0.25) is 9.59 Å². The number of aryl methyl sites for hydroxylation is 1. The van der Waals surface area contributed by atoms with Crippen molar-refractivity contribution in [3.05, 3.63) is 78.2 Å². The Kier molecular flexibility index (Phi) is 6.16. The van der Waals surface area contributed by atoms with Crippen LogP contribution < -0.4 is 10.2 Å². The van der Waals surface area contributed by atoms with Crippen molar-refractivity contribution < 1.29 is 14.0 Å². The van der Waals surface area contributed by atoms with Gasteiger partial charge in [-0.15, -0.1) is 0 Å². The molecule has 34 heavy (non-hydrogen) atoms. The van der Waals surface area contributed by atoms with Crippen molar-refractivity contribution in [1.29, 1.82) is 0 Å². The third-order valence-electron chi connectivity index (χ3n) is 6.52. The normalized spacial score (nSPS) is 17.9. The van der Waals surface area contributed by atoms with E-state index in [1.54, 1.807) is 6.20 Å². The van der Waals surface area contributed by atoms with Crippen LogP contribution in [-0.2, 0) is 4.79 Å². The molecule has 1 atom stereocenters. The number of piperazine rings is 1. The lowest BCUT2D eigenvalue weighted by atomic mass is 9.96. The minimum absolute atomic E-state index is 0.219. The molecule has 7 nitrogen and oxygen atoms in total. The van der Waals surface area contributed by atoms with Crippen molar-refractivity contribution in [2.75, 3.05) is 36.4 Å². The second-order valence-electron chi connectivity index (χ2n) is 8.79. The monoisotopic (exact) mass is 456 g/mol. The maximum Gasteiger partial charge on any atom is 0.291 e. The molecule has 2 aromatic heterocycles. The molecule has 0 bridgehead atoms. The van der Waals surface area contributed by atoms with Gasteiger partial charge in [-0.1, -0.05) is 42.5 Å². The fourth-order valence-electron chi connectivity index (χ4n) is 4.55. The molecule has 3 heterocycles. The summed E-state index contributed by atoms with van der Waals surface area (Å²) in [6.07, 6.45) is 11.5. The summed E-state index contributed by atoms with van der Waals surface area (Å²) in [5.74, 6) is 1.38. The van der Waals surface area contributed by atoms with Crippen molar-refractivity contribution in [3.8, 4) is 0 Å². The number of hydrogen-bond acceptors (Lipinski definition) is 5. The van der Waals surface area contributed by atoms with E-state index in [1.165, 1.54) is 0 Å². The van der Waals surface area contributed by atoms with Crippen LogP contribution in [0.5, 0.6) is 0 Å². The summed E-state index contributed by atoms with van der Waals surface area (Å²) in [5, 5.41) is 3.81. The molecule has 1 N–H and O–H groups in total. The van der Waals surface area contributed by atoms with Crippen LogP contribution >= 0.6 is 0 Å². The molecular weight excluding hydrogens is 428 g/mol. The first-order chi connectivity index (χ1) is 16.6. The van der Waals surface area contributed by atoms with Crippen molar-refractivity contribution in [1.82, 2.24) is 9.88 Å². The molecule has 1 aliphatic carbocycles. The molecule has 1 fully saturated rings. The van der Waals surface area contributed by atoms with E-state index in [-0.39, 0.29) is 11.8 Å². The number of para-hydroxylation sites is 1. The third kappa shape index (κ3) is 4.59. The van der Waals surface area contributed by atoms with Crippen LogP contribution in [0.15, 0.2) is 71.3 Å². The van der Waals surface area contributed by atoms with Crippen LogP contribution in [-0.4, -0.2) is 47.9 Å². The number of furan rings is 1. The fourth-order valence-corrected chi connectivity index (χ4v) is 4.55. The number of benzene rings is 1. The lowest BCUT2D eigenvalue weighted by Crippen LogP contribution is -2.49. The summed E-state index contributed by atoms with van der Waals surface area (Å²) in [6.45, 7) is 4.74. The zero-order valence-electron chi connectivity index (χ0n) is 19.2. The lowest BCUT2D eigenvalue weighted by molar-refractivity contribution is -0.132. The third-order valence-corrected chi connectivity index (χ3v) is 6.52. The van der Waals surface area contributed by atoms with Gasteiger partial charge in [0, 0.05) is 43.5 Å². The Labute approximate surface area is 198 Å². The Morgan fingerprint density at radius 2 is 1.91 bits per heavy atom. The SMILES string of the molecule is Cc1c(C(=O)Nc2ccc(N3CCN(C(=O)CC4C=CC=CC4)CC3)nc2)oc2ccccc12. The van der Waals surface area contributed by atoms with Crippen molar-refractivity contribution >= 4 is 34.3 Å². The highest BCUT2D eigenvalue weighted by Crippen LogP contribution is 2.26. The quantitative estimate of drug-likeness (QED) is 0.609. The first kappa shape index (κ1) is 21.9. The van der Waals surface area contributed by atoms with Crippen LogP contribution in [0, 0.1) is 12.8 Å². The molecule has 2 amide bonds. The van der Waals surface area contributed by atoms with E-state index in [1.807, 2.05) is 60.4 Å². The van der Waals surface area contributed by atoms with Crippen LogP contribution in [0.2, 0.25) is 0 Å². The van der Waals surface area contributed by atoms with Crippen molar-refractivity contribution in [2.24, 2.45) is 5.92 Å². The van der Waals surface area contributed by atoms with Gasteiger partial charge < -0.3 is 19.5 Å². The van der Waals surface area contributed by atoms with Gasteiger partial charge >= 0.3 is 0 Å². The second kappa shape index (κ2) is 9.55. The molecule has 7 heteroatoms. The van der Waals surface area contributed by atoms with Gasteiger partial charge in [0.25, 0.3) is 5.91 Å². The zero-order chi connectivity index (χ0) is 23.5. The Morgan fingerprint density at radius 1 is 1.09 bits per heavy atom. The highest BCUT2D eigenvalue weighted by Gasteiger charge is 2.24. The van der Waals surface area contributed by atoms with Gasteiger partial charge in [0.15, 0.2) is 5.76 Å². The molecular formula is C27H28N4O3. The number of carbonyl (C=O) groups is 2. The zero-order valence-corrected chi connectivity index (χ0v) is 19.2. The average Bonchev–Trinajstić information content (AvgIpc) is 3.22. The van der Waals surface area contributed by atoms with E-state index in [2.05, 4.69) is 27.4 Å². The number of allylic oxidation sites excluding steroid dienone is 4. The summed E-state index contributed by atoms with van der Waals surface area (Å²) < 4.78 is 5.75. The van der Waals surface area contributed by atoms with Gasteiger partial charge in [0.1, 0.15) is 11.4 Å². The van der Waals surface area contributed by atoms with Crippen LogP contribution in [0.25, 0.3) is 11.0 Å². The van der Waals surface area contributed by atoms with E-state index < -0.39 is 0 Å². The minimum atomic E-state index is -0.293. The Bertz CT molecular complexity index is 1250. The number of anilines is 2. The van der Waals surface area contributed by atoms with E-state index in [0.29, 0.717) is 42.5 Å². The van der Waals surface area contributed by atoms with Crippen LogP contribution in [0.1, 0.15) is 29.0 Å². The van der Waals surface area contributed by atoms with Crippen LogP contribution in [0.4, 0.5) is 11.5 Å². The van der Waals surface area contributed by atoms with Crippen molar-refractivity contribution in [2.45, 2.75) is 19.8 Å². The smallest absolute Gasteiger partial charge is 0.291 e. The van der Waals surface area contributed by atoms with Gasteiger partial charge in [0.05, 0.1) is 11.9 Å². The number of amides is 2.